The van der Waals surface area contributed by atoms with Crippen LogP contribution in [0.25, 0.3) is 0 Å². The summed E-state index contributed by atoms with van der Waals surface area (Å²) in [6, 6.07) is 2.44. The van der Waals surface area contributed by atoms with Crippen molar-refractivity contribution in [2.75, 3.05) is 0 Å². The molecule has 0 saturated heterocycles. The monoisotopic (exact) mass is 189 g/mol. The third kappa shape index (κ3) is 1.01. The summed E-state index contributed by atoms with van der Waals surface area (Å²) >= 11 is 0. The van der Waals surface area contributed by atoms with Gasteiger partial charge in [-0.05, 0) is 49.7 Å². The Labute approximate surface area is 86.1 Å². The highest BCUT2D eigenvalue weighted by Crippen LogP contribution is 2.47. The zero-order chi connectivity index (χ0) is 9.71. The summed E-state index contributed by atoms with van der Waals surface area (Å²) < 4.78 is 2.41. The van der Waals surface area contributed by atoms with Crippen molar-refractivity contribution in [2.24, 2.45) is 13.0 Å². The fourth-order valence-electron chi connectivity index (χ4n) is 3.50. The van der Waals surface area contributed by atoms with E-state index in [-0.39, 0.29) is 0 Å². The standard InChI is InChI=1S/C13H19N/c1-9-7-12-11-6-4-3-5-10(11)8-13(12)14(9)2/h7,10-11H,3-6,8H2,1-2H3. The third-order valence-corrected chi connectivity index (χ3v) is 4.40. The lowest BCUT2D eigenvalue weighted by Gasteiger charge is -2.25. The molecule has 2 aliphatic rings. The molecule has 1 aromatic heterocycles. The maximum atomic E-state index is 2.44. The van der Waals surface area contributed by atoms with Crippen LogP contribution in [0.15, 0.2) is 6.07 Å². The molecule has 0 aromatic carbocycles. The predicted octanol–water partition coefficient (Wildman–Crippen LogP) is 3.16. The highest BCUT2D eigenvalue weighted by molar-refractivity contribution is 5.36. The van der Waals surface area contributed by atoms with Crippen molar-refractivity contribution in [1.29, 1.82) is 0 Å². The molecule has 0 aliphatic heterocycles. The molecule has 0 radical (unpaired) electrons. The Morgan fingerprint density at radius 3 is 2.93 bits per heavy atom. The molecule has 3 rings (SSSR count). The van der Waals surface area contributed by atoms with Crippen molar-refractivity contribution in [1.82, 2.24) is 4.57 Å². The van der Waals surface area contributed by atoms with E-state index in [0.717, 1.165) is 11.8 Å². The smallest absolute Gasteiger partial charge is 0.0212 e. The lowest BCUT2D eigenvalue weighted by atomic mass is 9.80. The van der Waals surface area contributed by atoms with Crippen LogP contribution in [-0.2, 0) is 13.5 Å². The van der Waals surface area contributed by atoms with Crippen LogP contribution >= 0.6 is 0 Å². The summed E-state index contributed by atoms with van der Waals surface area (Å²) in [6.07, 6.45) is 7.19. The molecular weight excluding hydrogens is 170 g/mol. The zero-order valence-corrected chi connectivity index (χ0v) is 9.21. The van der Waals surface area contributed by atoms with Gasteiger partial charge in [0.1, 0.15) is 0 Å². The molecule has 1 nitrogen and oxygen atoms in total. The van der Waals surface area contributed by atoms with E-state index in [9.17, 15) is 0 Å². The summed E-state index contributed by atoms with van der Waals surface area (Å²) in [5.41, 5.74) is 4.77. The minimum absolute atomic E-state index is 0.915. The third-order valence-electron chi connectivity index (χ3n) is 4.40. The van der Waals surface area contributed by atoms with Gasteiger partial charge < -0.3 is 4.57 Å². The van der Waals surface area contributed by atoms with Gasteiger partial charge in [-0.3, -0.25) is 0 Å². The molecule has 1 aromatic rings. The average Bonchev–Trinajstić information content (AvgIpc) is 2.67. The van der Waals surface area contributed by atoms with E-state index in [4.69, 9.17) is 0 Å². The molecule has 1 heterocycles. The van der Waals surface area contributed by atoms with Crippen molar-refractivity contribution in [2.45, 2.75) is 44.9 Å². The predicted molar refractivity (Wildman–Crippen MR) is 58.6 cm³/mol. The Kier molecular flexibility index (Phi) is 1.77. The van der Waals surface area contributed by atoms with Crippen LogP contribution in [0.5, 0.6) is 0 Å². The lowest BCUT2D eigenvalue weighted by molar-refractivity contribution is 0.328. The highest BCUT2D eigenvalue weighted by atomic mass is 15.0. The molecule has 2 aliphatic carbocycles. The highest BCUT2D eigenvalue weighted by Gasteiger charge is 2.36. The van der Waals surface area contributed by atoms with Crippen molar-refractivity contribution < 1.29 is 0 Å². The molecule has 0 amide bonds. The van der Waals surface area contributed by atoms with Crippen LogP contribution in [0.3, 0.4) is 0 Å². The van der Waals surface area contributed by atoms with Crippen LogP contribution in [0, 0.1) is 12.8 Å². The number of hydrogen-bond donors (Lipinski definition) is 0. The Balaban J connectivity index is 2.03. The fourth-order valence-corrected chi connectivity index (χ4v) is 3.50. The van der Waals surface area contributed by atoms with Gasteiger partial charge in [0, 0.05) is 18.4 Å². The first kappa shape index (κ1) is 8.58. The molecular formula is C13H19N. The topological polar surface area (TPSA) is 4.93 Å². The summed E-state index contributed by atoms with van der Waals surface area (Å²) in [5.74, 6) is 1.90. The van der Waals surface area contributed by atoms with Crippen LogP contribution in [0.1, 0.15) is 48.6 Å². The van der Waals surface area contributed by atoms with Crippen LogP contribution in [-0.4, -0.2) is 4.57 Å². The Bertz CT molecular complexity index is 362. The number of aromatic nitrogens is 1. The minimum Gasteiger partial charge on any atom is -0.352 e. The maximum Gasteiger partial charge on any atom is 0.0212 e. The first-order valence-corrected chi connectivity index (χ1v) is 5.92. The number of aryl methyl sites for hydroxylation is 1. The molecule has 2 atom stereocenters. The second-order valence-electron chi connectivity index (χ2n) is 5.10. The van der Waals surface area contributed by atoms with Gasteiger partial charge >= 0.3 is 0 Å². The first-order chi connectivity index (χ1) is 6.77. The molecule has 14 heavy (non-hydrogen) atoms. The van der Waals surface area contributed by atoms with Crippen molar-refractivity contribution in [3.63, 3.8) is 0 Å². The summed E-state index contributed by atoms with van der Waals surface area (Å²) in [4.78, 5) is 0. The van der Waals surface area contributed by atoms with E-state index in [1.165, 1.54) is 37.8 Å². The van der Waals surface area contributed by atoms with Crippen molar-refractivity contribution >= 4 is 0 Å². The molecule has 1 fully saturated rings. The van der Waals surface area contributed by atoms with E-state index in [1.807, 2.05) is 0 Å². The fraction of sp³-hybridized carbons (Fsp3) is 0.692. The van der Waals surface area contributed by atoms with Gasteiger partial charge in [-0.15, -0.1) is 0 Å². The molecule has 0 N–H and O–H groups in total. The van der Waals surface area contributed by atoms with E-state index < -0.39 is 0 Å². The van der Waals surface area contributed by atoms with Gasteiger partial charge in [-0.2, -0.15) is 0 Å². The average molecular weight is 189 g/mol. The van der Waals surface area contributed by atoms with Gasteiger partial charge in [-0.1, -0.05) is 12.8 Å². The molecule has 76 valence electrons. The summed E-state index contributed by atoms with van der Waals surface area (Å²) in [6.45, 7) is 2.23. The zero-order valence-electron chi connectivity index (χ0n) is 9.21. The van der Waals surface area contributed by atoms with Gasteiger partial charge in [0.2, 0.25) is 0 Å². The Morgan fingerprint density at radius 1 is 1.29 bits per heavy atom. The quantitative estimate of drug-likeness (QED) is 0.591. The number of fused-ring (bicyclic) bond motifs is 3. The van der Waals surface area contributed by atoms with E-state index in [2.05, 4.69) is 24.6 Å². The second-order valence-corrected chi connectivity index (χ2v) is 5.10. The largest absolute Gasteiger partial charge is 0.352 e. The van der Waals surface area contributed by atoms with E-state index >= 15 is 0 Å². The van der Waals surface area contributed by atoms with E-state index in [1.54, 1.807) is 11.3 Å². The normalized spacial score (nSPS) is 30.1. The number of nitrogens with zero attached hydrogens (tertiary/aromatic N) is 1. The van der Waals surface area contributed by atoms with Gasteiger partial charge in [0.25, 0.3) is 0 Å². The van der Waals surface area contributed by atoms with Crippen LogP contribution < -0.4 is 0 Å². The molecule has 1 heteroatoms. The maximum absolute atomic E-state index is 2.44. The molecule has 1 saturated carbocycles. The SMILES string of the molecule is Cc1cc2c(n1C)CC1CCCCC21. The molecule has 0 bridgehead atoms. The van der Waals surface area contributed by atoms with Gasteiger partial charge in [0.05, 0.1) is 0 Å². The van der Waals surface area contributed by atoms with Crippen LogP contribution in [0.2, 0.25) is 0 Å². The Morgan fingerprint density at radius 2 is 2.07 bits per heavy atom. The van der Waals surface area contributed by atoms with Crippen LogP contribution in [0.4, 0.5) is 0 Å². The number of hydrogen-bond acceptors (Lipinski definition) is 0. The van der Waals surface area contributed by atoms with Crippen molar-refractivity contribution in [3.05, 3.63) is 23.0 Å². The first-order valence-electron chi connectivity index (χ1n) is 5.92. The number of rotatable bonds is 0. The summed E-state index contributed by atoms with van der Waals surface area (Å²) in [5, 5.41) is 0. The molecule has 0 spiro atoms. The van der Waals surface area contributed by atoms with Gasteiger partial charge in [-0.25, -0.2) is 0 Å². The molecule has 2 unspecified atom stereocenters. The van der Waals surface area contributed by atoms with Crippen molar-refractivity contribution in [3.8, 4) is 0 Å². The van der Waals surface area contributed by atoms with Gasteiger partial charge in [0.15, 0.2) is 0 Å². The lowest BCUT2D eigenvalue weighted by Crippen LogP contribution is -2.13. The Hall–Kier alpha value is -0.720. The second kappa shape index (κ2) is 2.88. The summed E-state index contributed by atoms with van der Waals surface area (Å²) in [7, 11) is 2.23. The minimum atomic E-state index is 0.915. The van der Waals surface area contributed by atoms with E-state index in [0.29, 0.717) is 0 Å².